The van der Waals surface area contributed by atoms with E-state index in [2.05, 4.69) is 10.6 Å². The van der Waals surface area contributed by atoms with Gasteiger partial charge in [-0.25, -0.2) is 9.48 Å². The lowest BCUT2D eigenvalue weighted by Gasteiger charge is -2.24. The minimum Gasteiger partial charge on any atom is -0.315 e. The van der Waals surface area contributed by atoms with E-state index in [0.29, 0.717) is 38.8 Å². The van der Waals surface area contributed by atoms with Gasteiger partial charge in [0, 0.05) is 23.0 Å². The Labute approximate surface area is 226 Å². The first-order chi connectivity index (χ1) is 16.8. The standard InChI is InChI=1S/C26H30Cl3N5O2/c1-16(2)14-33(25(36)30-20-11-10-17(27)12-19(20)29)15-24(35)31-23-13-22(26(3,4)5)32-34(23)21-9-7-6-8-18(21)28/h6-13,16H,14-15H2,1-5H3,(H,30,36)(H,31,35). The van der Waals surface area contributed by atoms with E-state index in [9.17, 15) is 9.59 Å². The van der Waals surface area contributed by atoms with E-state index in [1.807, 2.05) is 58.9 Å². The number of hydrogen-bond acceptors (Lipinski definition) is 3. The Morgan fingerprint density at radius 2 is 1.69 bits per heavy atom. The van der Waals surface area contributed by atoms with Crippen LogP contribution in [0.2, 0.25) is 15.1 Å². The summed E-state index contributed by atoms with van der Waals surface area (Å²) in [6, 6.07) is 13.4. The summed E-state index contributed by atoms with van der Waals surface area (Å²) in [5.74, 6) is 0.218. The van der Waals surface area contributed by atoms with Crippen LogP contribution in [-0.2, 0) is 10.2 Å². The van der Waals surface area contributed by atoms with Crippen molar-refractivity contribution in [1.29, 1.82) is 0 Å². The van der Waals surface area contributed by atoms with Gasteiger partial charge in [-0.2, -0.15) is 5.10 Å². The van der Waals surface area contributed by atoms with Crippen LogP contribution in [0.4, 0.5) is 16.3 Å². The highest BCUT2D eigenvalue weighted by Gasteiger charge is 2.24. The fourth-order valence-corrected chi connectivity index (χ4v) is 4.12. The molecule has 0 bridgehead atoms. The summed E-state index contributed by atoms with van der Waals surface area (Å²) in [6.07, 6.45) is 0. The van der Waals surface area contributed by atoms with Crippen LogP contribution < -0.4 is 10.6 Å². The Bertz CT molecular complexity index is 1250. The maximum Gasteiger partial charge on any atom is 0.322 e. The largest absolute Gasteiger partial charge is 0.322 e. The zero-order valence-corrected chi connectivity index (χ0v) is 23.2. The first kappa shape index (κ1) is 27.8. The summed E-state index contributed by atoms with van der Waals surface area (Å²) < 4.78 is 1.61. The van der Waals surface area contributed by atoms with Gasteiger partial charge in [-0.15, -0.1) is 0 Å². The lowest BCUT2D eigenvalue weighted by molar-refractivity contribution is -0.116. The summed E-state index contributed by atoms with van der Waals surface area (Å²) in [7, 11) is 0. The molecule has 2 aromatic carbocycles. The second kappa shape index (κ2) is 11.5. The number of para-hydroxylation sites is 1. The number of anilines is 2. The third kappa shape index (κ3) is 7.15. The van der Waals surface area contributed by atoms with Crippen molar-refractivity contribution in [3.63, 3.8) is 0 Å². The minimum atomic E-state index is -0.446. The van der Waals surface area contributed by atoms with Gasteiger partial charge in [-0.1, -0.05) is 81.6 Å². The second-order valence-electron chi connectivity index (χ2n) is 9.90. The summed E-state index contributed by atoms with van der Waals surface area (Å²) in [5.41, 5.74) is 1.57. The van der Waals surface area contributed by atoms with Gasteiger partial charge >= 0.3 is 6.03 Å². The van der Waals surface area contributed by atoms with Crippen molar-refractivity contribution in [2.45, 2.75) is 40.0 Å². The van der Waals surface area contributed by atoms with E-state index in [1.54, 1.807) is 28.9 Å². The van der Waals surface area contributed by atoms with Crippen LogP contribution in [0, 0.1) is 5.92 Å². The fourth-order valence-electron chi connectivity index (χ4n) is 3.44. The number of carbonyl (C=O) groups excluding carboxylic acids is 2. The van der Waals surface area contributed by atoms with E-state index in [4.69, 9.17) is 39.9 Å². The fraction of sp³-hybridized carbons (Fsp3) is 0.346. The first-order valence-corrected chi connectivity index (χ1v) is 12.6. The van der Waals surface area contributed by atoms with Crippen molar-refractivity contribution in [1.82, 2.24) is 14.7 Å². The number of hydrogen-bond donors (Lipinski definition) is 2. The van der Waals surface area contributed by atoms with Gasteiger partial charge in [0.25, 0.3) is 0 Å². The monoisotopic (exact) mass is 549 g/mol. The highest BCUT2D eigenvalue weighted by Crippen LogP contribution is 2.29. The van der Waals surface area contributed by atoms with Gasteiger partial charge in [0.15, 0.2) is 0 Å². The molecule has 2 N–H and O–H groups in total. The van der Waals surface area contributed by atoms with E-state index in [0.717, 1.165) is 5.69 Å². The second-order valence-corrected chi connectivity index (χ2v) is 11.2. The molecule has 0 spiro atoms. The number of amides is 3. The van der Waals surface area contributed by atoms with E-state index in [1.165, 1.54) is 4.90 Å². The number of rotatable bonds is 7. The van der Waals surface area contributed by atoms with Gasteiger partial charge < -0.3 is 15.5 Å². The van der Waals surface area contributed by atoms with Gasteiger partial charge in [0.2, 0.25) is 5.91 Å². The predicted molar refractivity (Wildman–Crippen MR) is 148 cm³/mol. The Balaban J connectivity index is 1.84. The maximum atomic E-state index is 13.1. The summed E-state index contributed by atoms with van der Waals surface area (Å²) in [6.45, 7) is 10.2. The highest BCUT2D eigenvalue weighted by molar-refractivity contribution is 6.36. The molecule has 0 aliphatic heterocycles. The molecule has 36 heavy (non-hydrogen) atoms. The van der Waals surface area contributed by atoms with Gasteiger partial charge in [0.1, 0.15) is 12.4 Å². The molecule has 10 heteroatoms. The van der Waals surface area contributed by atoms with Crippen LogP contribution in [0.15, 0.2) is 48.5 Å². The summed E-state index contributed by atoms with van der Waals surface area (Å²) >= 11 is 18.6. The molecule has 3 aromatic rings. The minimum absolute atomic E-state index is 0.130. The van der Waals surface area contributed by atoms with Gasteiger partial charge in [-0.05, 0) is 36.2 Å². The molecule has 0 unspecified atom stereocenters. The molecule has 3 amide bonds. The smallest absolute Gasteiger partial charge is 0.315 e. The van der Waals surface area contributed by atoms with Crippen molar-refractivity contribution in [3.8, 4) is 5.69 Å². The number of carbonyl (C=O) groups is 2. The van der Waals surface area contributed by atoms with Crippen LogP contribution >= 0.6 is 34.8 Å². The topological polar surface area (TPSA) is 79.3 Å². The molecular formula is C26H30Cl3N5O2. The average molecular weight is 551 g/mol. The van der Waals surface area contributed by atoms with Crippen molar-refractivity contribution in [2.75, 3.05) is 23.7 Å². The predicted octanol–water partition coefficient (Wildman–Crippen LogP) is 7.26. The molecule has 0 aliphatic rings. The SMILES string of the molecule is CC(C)CN(CC(=O)Nc1cc(C(C)(C)C)nn1-c1ccccc1Cl)C(=O)Nc1ccc(Cl)cc1Cl. The summed E-state index contributed by atoms with van der Waals surface area (Å²) in [5, 5.41) is 11.6. The first-order valence-electron chi connectivity index (χ1n) is 11.5. The van der Waals surface area contributed by atoms with Crippen molar-refractivity contribution < 1.29 is 9.59 Å². The van der Waals surface area contributed by atoms with Crippen LogP contribution in [0.5, 0.6) is 0 Å². The molecule has 0 aliphatic carbocycles. The zero-order chi connectivity index (χ0) is 26.6. The number of halogens is 3. The van der Waals surface area contributed by atoms with Gasteiger partial charge in [0.05, 0.1) is 27.1 Å². The van der Waals surface area contributed by atoms with Crippen molar-refractivity contribution in [3.05, 3.63) is 69.3 Å². The molecule has 0 atom stereocenters. The molecule has 0 radical (unpaired) electrons. The quantitative estimate of drug-likeness (QED) is 0.325. The highest BCUT2D eigenvalue weighted by atomic mass is 35.5. The molecule has 192 valence electrons. The number of nitrogens with zero attached hydrogens (tertiary/aromatic N) is 3. The van der Waals surface area contributed by atoms with Crippen molar-refractivity contribution in [2.24, 2.45) is 5.92 Å². The number of benzene rings is 2. The molecule has 0 saturated heterocycles. The molecule has 3 rings (SSSR count). The van der Waals surface area contributed by atoms with Crippen LogP contribution in [0.1, 0.15) is 40.3 Å². The van der Waals surface area contributed by atoms with Gasteiger partial charge in [-0.3, -0.25) is 4.79 Å². The number of urea groups is 1. The Morgan fingerprint density at radius 1 is 1.00 bits per heavy atom. The third-order valence-electron chi connectivity index (χ3n) is 5.21. The van der Waals surface area contributed by atoms with Crippen LogP contribution in [-0.4, -0.2) is 39.7 Å². The lowest BCUT2D eigenvalue weighted by Crippen LogP contribution is -2.42. The Morgan fingerprint density at radius 3 is 2.31 bits per heavy atom. The summed E-state index contributed by atoms with van der Waals surface area (Å²) in [4.78, 5) is 27.6. The van der Waals surface area contributed by atoms with E-state index >= 15 is 0 Å². The maximum absolute atomic E-state index is 13.1. The molecule has 7 nitrogen and oxygen atoms in total. The zero-order valence-electron chi connectivity index (χ0n) is 20.9. The molecular weight excluding hydrogens is 521 g/mol. The lowest BCUT2D eigenvalue weighted by atomic mass is 9.92. The average Bonchev–Trinajstić information content (AvgIpc) is 3.19. The van der Waals surface area contributed by atoms with Crippen LogP contribution in [0.3, 0.4) is 0 Å². The third-order valence-corrected chi connectivity index (χ3v) is 6.07. The normalized spacial score (nSPS) is 11.5. The number of aromatic nitrogens is 2. The van der Waals surface area contributed by atoms with Crippen LogP contribution in [0.25, 0.3) is 5.69 Å². The number of nitrogens with one attached hydrogen (secondary N) is 2. The Kier molecular flexibility index (Phi) is 8.93. The molecule has 1 heterocycles. The molecule has 0 saturated carbocycles. The molecule has 0 fully saturated rings. The Hall–Kier alpha value is -2.74. The van der Waals surface area contributed by atoms with E-state index in [-0.39, 0.29) is 23.8 Å². The molecule has 1 aromatic heterocycles. The van der Waals surface area contributed by atoms with Crippen molar-refractivity contribution >= 4 is 58.2 Å². The van der Waals surface area contributed by atoms with E-state index < -0.39 is 6.03 Å².